The van der Waals surface area contributed by atoms with Gasteiger partial charge < -0.3 is 16.0 Å². The third kappa shape index (κ3) is 3.61. The molecule has 0 spiro atoms. The minimum Gasteiger partial charge on any atom is -0.380 e. The molecular weight excluding hydrogens is 238 g/mol. The molecule has 94 valence electrons. The van der Waals surface area contributed by atoms with Gasteiger partial charge in [-0.2, -0.15) is 0 Å². The normalized spacial score (nSPS) is 12.1. The first kappa shape index (κ1) is 13.8. The van der Waals surface area contributed by atoms with Crippen molar-refractivity contribution in [3.8, 4) is 0 Å². The molecule has 3 N–H and O–H groups in total. The Labute approximate surface area is 107 Å². The van der Waals surface area contributed by atoms with E-state index in [4.69, 9.17) is 17.3 Å². The summed E-state index contributed by atoms with van der Waals surface area (Å²) in [6, 6.07) is 5.28. The molecule has 4 nitrogen and oxygen atoms in total. The summed E-state index contributed by atoms with van der Waals surface area (Å²) in [5.74, 6) is -0.0508. The fraction of sp³-hybridized carbons (Fsp3) is 0.417. The van der Waals surface area contributed by atoms with E-state index >= 15 is 0 Å². The summed E-state index contributed by atoms with van der Waals surface area (Å²) in [4.78, 5) is 13.3. The van der Waals surface area contributed by atoms with Gasteiger partial charge in [0, 0.05) is 32.2 Å². The number of carbonyl (C=O) groups is 1. The van der Waals surface area contributed by atoms with Crippen molar-refractivity contribution in [1.82, 2.24) is 4.90 Å². The van der Waals surface area contributed by atoms with Crippen LogP contribution in [0.1, 0.15) is 17.3 Å². The van der Waals surface area contributed by atoms with E-state index in [0.717, 1.165) is 5.69 Å². The van der Waals surface area contributed by atoms with Crippen molar-refractivity contribution in [2.75, 3.05) is 26.0 Å². The number of hydrogen-bond donors (Lipinski definition) is 2. The fourth-order valence-corrected chi connectivity index (χ4v) is 1.52. The number of nitrogens with one attached hydrogen (secondary N) is 1. The summed E-state index contributed by atoms with van der Waals surface area (Å²) < 4.78 is 0. The third-order valence-electron chi connectivity index (χ3n) is 2.37. The number of halogens is 1. The molecule has 0 aliphatic heterocycles. The SMILES string of the molecule is CC(CN)Nc1cc(C(=O)N(C)C)ccc1Cl. The van der Waals surface area contributed by atoms with Gasteiger partial charge in [0.05, 0.1) is 10.7 Å². The first-order valence-corrected chi connectivity index (χ1v) is 5.81. The highest BCUT2D eigenvalue weighted by molar-refractivity contribution is 6.33. The predicted molar refractivity (Wildman–Crippen MR) is 71.6 cm³/mol. The number of benzene rings is 1. The molecule has 0 aliphatic rings. The van der Waals surface area contributed by atoms with Gasteiger partial charge in [-0.1, -0.05) is 11.6 Å². The lowest BCUT2D eigenvalue weighted by atomic mass is 10.1. The largest absolute Gasteiger partial charge is 0.380 e. The van der Waals surface area contributed by atoms with Crippen LogP contribution >= 0.6 is 11.6 Å². The van der Waals surface area contributed by atoms with Gasteiger partial charge in [-0.05, 0) is 25.1 Å². The molecule has 0 bridgehead atoms. The maximum absolute atomic E-state index is 11.8. The number of carbonyl (C=O) groups excluding carboxylic acids is 1. The lowest BCUT2D eigenvalue weighted by Crippen LogP contribution is -2.26. The molecule has 0 saturated carbocycles. The molecule has 0 heterocycles. The molecule has 0 saturated heterocycles. The molecule has 0 aromatic heterocycles. The molecule has 1 rings (SSSR count). The quantitative estimate of drug-likeness (QED) is 0.863. The van der Waals surface area contributed by atoms with Crippen molar-refractivity contribution in [1.29, 1.82) is 0 Å². The van der Waals surface area contributed by atoms with E-state index in [1.807, 2.05) is 6.92 Å². The Morgan fingerprint density at radius 1 is 1.53 bits per heavy atom. The molecule has 1 aromatic rings. The number of rotatable bonds is 4. The zero-order valence-electron chi connectivity index (χ0n) is 10.3. The summed E-state index contributed by atoms with van der Waals surface area (Å²) >= 11 is 6.05. The van der Waals surface area contributed by atoms with E-state index in [1.54, 1.807) is 32.3 Å². The van der Waals surface area contributed by atoms with E-state index in [0.29, 0.717) is 17.1 Å². The van der Waals surface area contributed by atoms with Crippen LogP contribution in [0.25, 0.3) is 0 Å². The zero-order valence-corrected chi connectivity index (χ0v) is 11.1. The van der Waals surface area contributed by atoms with Crippen LogP contribution in [0.4, 0.5) is 5.69 Å². The van der Waals surface area contributed by atoms with E-state index in [9.17, 15) is 4.79 Å². The first-order valence-electron chi connectivity index (χ1n) is 5.43. The number of anilines is 1. The third-order valence-corrected chi connectivity index (χ3v) is 2.70. The Balaban J connectivity index is 2.98. The van der Waals surface area contributed by atoms with Crippen LogP contribution < -0.4 is 11.1 Å². The molecule has 17 heavy (non-hydrogen) atoms. The highest BCUT2D eigenvalue weighted by Gasteiger charge is 2.11. The monoisotopic (exact) mass is 255 g/mol. The minimum absolute atomic E-state index is 0.0508. The molecule has 0 aliphatic carbocycles. The topological polar surface area (TPSA) is 58.4 Å². The van der Waals surface area contributed by atoms with Crippen LogP contribution in [-0.4, -0.2) is 37.5 Å². The van der Waals surface area contributed by atoms with Gasteiger partial charge in [0.25, 0.3) is 5.91 Å². The van der Waals surface area contributed by atoms with Crippen molar-refractivity contribution >= 4 is 23.2 Å². The van der Waals surface area contributed by atoms with E-state index in [2.05, 4.69) is 5.32 Å². The van der Waals surface area contributed by atoms with Crippen molar-refractivity contribution in [3.05, 3.63) is 28.8 Å². The van der Waals surface area contributed by atoms with Gasteiger partial charge in [0.2, 0.25) is 0 Å². The second-order valence-corrected chi connectivity index (χ2v) is 4.58. The summed E-state index contributed by atoms with van der Waals surface area (Å²) in [5, 5.41) is 3.75. The van der Waals surface area contributed by atoms with Gasteiger partial charge in [0.1, 0.15) is 0 Å². The van der Waals surface area contributed by atoms with Crippen molar-refractivity contribution in [3.63, 3.8) is 0 Å². The van der Waals surface area contributed by atoms with Crippen LogP contribution in [-0.2, 0) is 0 Å². The van der Waals surface area contributed by atoms with Crippen LogP contribution in [0.5, 0.6) is 0 Å². The van der Waals surface area contributed by atoms with Crippen molar-refractivity contribution in [2.24, 2.45) is 5.73 Å². The average molecular weight is 256 g/mol. The van der Waals surface area contributed by atoms with Crippen LogP contribution in [0.2, 0.25) is 5.02 Å². The highest BCUT2D eigenvalue weighted by Crippen LogP contribution is 2.24. The summed E-state index contributed by atoms with van der Waals surface area (Å²) in [6.07, 6.45) is 0. The Bertz CT molecular complexity index is 407. The van der Waals surface area contributed by atoms with Gasteiger partial charge in [-0.25, -0.2) is 0 Å². The molecule has 1 amide bonds. The number of nitrogens with two attached hydrogens (primary N) is 1. The Hall–Kier alpha value is -1.26. The first-order chi connectivity index (χ1) is 7.95. The number of hydrogen-bond acceptors (Lipinski definition) is 3. The van der Waals surface area contributed by atoms with Gasteiger partial charge in [-0.3, -0.25) is 4.79 Å². The summed E-state index contributed by atoms with van der Waals surface area (Å²) in [7, 11) is 3.43. The van der Waals surface area contributed by atoms with E-state index < -0.39 is 0 Å². The second kappa shape index (κ2) is 5.89. The minimum atomic E-state index is -0.0508. The average Bonchev–Trinajstić information content (AvgIpc) is 2.30. The molecule has 0 fully saturated rings. The fourth-order valence-electron chi connectivity index (χ4n) is 1.35. The Kier molecular flexibility index (Phi) is 4.78. The van der Waals surface area contributed by atoms with Gasteiger partial charge >= 0.3 is 0 Å². The molecule has 1 atom stereocenters. The Morgan fingerprint density at radius 2 is 2.18 bits per heavy atom. The van der Waals surface area contributed by atoms with Crippen molar-refractivity contribution < 1.29 is 4.79 Å². The maximum atomic E-state index is 11.8. The van der Waals surface area contributed by atoms with Gasteiger partial charge in [-0.15, -0.1) is 0 Å². The highest BCUT2D eigenvalue weighted by atomic mass is 35.5. The smallest absolute Gasteiger partial charge is 0.253 e. The maximum Gasteiger partial charge on any atom is 0.253 e. The standard InChI is InChI=1S/C12H18ClN3O/c1-8(7-14)15-11-6-9(4-5-10(11)13)12(17)16(2)3/h4-6,8,15H,7,14H2,1-3H3. The second-order valence-electron chi connectivity index (χ2n) is 4.18. The van der Waals surface area contributed by atoms with Crippen LogP contribution in [0.3, 0.4) is 0 Å². The molecule has 5 heteroatoms. The lowest BCUT2D eigenvalue weighted by Gasteiger charge is -2.16. The summed E-state index contributed by atoms with van der Waals surface area (Å²) in [5.41, 5.74) is 6.87. The summed E-state index contributed by atoms with van der Waals surface area (Å²) in [6.45, 7) is 2.46. The van der Waals surface area contributed by atoms with Gasteiger partial charge in [0.15, 0.2) is 0 Å². The number of nitrogens with zero attached hydrogens (tertiary/aromatic N) is 1. The molecule has 0 radical (unpaired) electrons. The molecule has 1 unspecified atom stereocenters. The zero-order chi connectivity index (χ0) is 13.0. The van der Waals surface area contributed by atoms with E-state index in [1.165, 1.54) is 4.90 Å². The Morgan fingerprint density at radius 3 is 2.71 bits per heavy atom. The van der Waals surface area contributed by atoms with E-state index in [-0.39, 0.29) is 11.9 Å². The van der Waals surface area contributed by atoms with Crippen molar-refractivity contribution in [2.45, 2.75) is 13.0 Å². The predicted octanol–water partition coefficient (Wildman–Crippen LogP) is 1.80. The van der Waals surface area contributed by atoms with Crippen LogP contribution in [0, 0.1) is 0 Å². The molecule has 1 aromatic carbocycles. The van der Waals surface area contributed by atoms with Crippen LogP contribution in [0.15, 0.2) is 18.2 Å². The molecular formula is C12H18ClN3O. The number of amides is 1. The lowest BCUT2D eigenvalue weighted by molar-refractivity contribution is 0.0827.